The number of hydrogen-bond acceptors (Lipinski definition) is 3. The van der Waals surface area contributed by atoms with E-state index in [4.69, 9.17) is 10.2 Å². The van der Waals surface area contributed by atoms with Gasteiger partial charge in [0.25, 0.3) is 0 Å². The van der Waals surface area contributed by atoms with E-state index < -0.39 is 17.9 Å². The smallest absolute Gasteiger partial charge is 0.306 e. The number of carbonyl (C=O) groups excluding carboxylic acids is 1. The molecule has 1 unspecified atom stereocenters. The second-order valence-corrected chi connectivity index (χ2v) is 3.96. The quantitative estimate of drug-likeness (QED) is 0.720. The van der Waals surface area contributed by atoms with Gasteiger partial charge in [0.15, 0.2) is 5.78 Å². The van der Waals surface area contributed by atoms with E-state index in [1.54, 1.807) is 30.3 Å². The Hall–Kier alpha value is -2.17. The third-order valence-corrected chi connectivity index (χ3v) is 2.58. The Morgan fingerprint density at radius 2 is 1.67 bits per heavy atom. The van der Waals surface area contributed by atoms with Gasteiger partial charge in [-0.2, -0.15) is 0 Å². The van der Waals surface area contributed by atoms with Crippen LogP contribution >= 0.6 is 0 Å². The third kappa shape index (κ3) is 4.37. The van der Waals surface area contributed by atoms with Crippen LogP contribution in [-0.4, -0.2) is 27.9 Å². The molecule has 0 amide bonds. The van der Waals surface area contributed by atoms with E-state index in [1.165, 1.54) is 0 Å². The number of carboxylic acid groups (broad SMARTS) is 2. The number of benzene rings is 1. The zero-order chi connectivity index (χ0) is 13.5. The van der Waals surface area contributed by atoms with E-state index in [9.17, 15) is 14.4 Å². The normalized spacial score (nSPS) is 11.8. The Morgan fingerprint density at radius 3 is 2.17 bits per heavy atom. The first-order valence-electron chi connectivity index (χ1n) is 5.53. The van der Waals surface area contributed by atoms with Crippen LogP contribution < -0.4 is 0 Å². The molecule has 2 N–H and O–H groups in total. The second kappa shape index (κ2) is 6.54. The summed E-state index contributed by atoms with van der Waals surface area (Å²) in [6, 6.07) is 8.37. The van der Waals surface area contributed by atoms with Crippen molar-refractivity contribution >= 4 is 17.7 Å². The molecule has 0 aliphatic carbocycles. The highest BCUT2D eigenvalue weighted by Gasteiger charge is 2.22. The SMILES string of the molecule is O=C(O)CCC(CC(=O)c1ccccc1)C(=O)O. The number of carboxylic acids is 2. The Kier molecular flexibility index (Phi) is 5.05. The zero-order valence-corrected chi connectivity index (χ0v) is 9.70. The van der Waals surface area contributed by atoms with Crippen LogP contribution in [0, 0.1) is 5.92 Å². The summed E-state index contributed by atoms with van der Waals surface area (Å²) in [5.41, 5.74) is 0.444. The lowest BCUT2D eigenvalue weighted by molar-refractivity contribution is -0.142. The molecule has 5 nitrogen and oxygen atoms in total. The van der Waals surface area contributed by atoms with Gasteiger partial charge in [0.2, 0.25) is 0 Å². The first-order chi connectivity index (χ1) is 8.50. The predicted octanol–water partition coefficient (Wildman–Crippen LogP) is 1.83. The molecule has 0 radical (unpaired) electrons. The molecule has 1 atom stereocenters. The highest BCUT2D eigenvalue weighted by molar-refractivity contribution is 5.97. The molecule has 0 saturated carbocycles. The summed E-state index contributed by atoms with van der Waals surface area (Å²) in [5, 5.41) is 17.5. The van der Waals surface area contributed by atoms with Crippen molar-refractivity contribution in [1.29, 1.82) is 0 Å². The van der Waals surface area contributed by atoms with E-state index in [0.29, 0.717) is 5.56 Å². The molecule has 0 bridgehead atoms. The molecule has 0 saturated heterocycles. The minimum Gasteiger partial charge on any atom is -0.481 e. The molecule has 1 aromatic carbocycles. The Bertz CT molecular complexity index is 438. The summed E-state index contributed by atoms with van der Waals surface area (Å²) in [4.78, 5) is 33.1. The summed E-state index contributed by atoms with van der Waals surface area (Å²) >= 11 is 0. The molecule has 0 fully saturated rings. The van der Waals surface area contributed by atoms with Gasteiger partial charge in [-0.05, 0) is 6.42 Å². The number of hydrogen-bond donors (Lipinski definition) is 2. The number of ketones is 1. The molecular weight excluding hydrogens is 236 g/mol. The van der Waals surface area contributed by atoms with E-state index >= 15 is 0 Å². The maximum atomic E-state index is 11.8. The fourth-order valence-corrected chi connectivity index (χ4v) is 1.58. The first-order valence-corrected chi connectivity index (χ1v) is 5.53. The van der Waals surface area contributed by atoms with Crippen LogP contribution in [0.3, 0.4) is 0 Å². The molecule has 1 aromatic rings. The van der Waals surface area contributed by atoms with Crippen molar-refractivity contribution in [3.63, 3.8) is 0 Å². The molecular formula is C13H14O5. The van der Waals surface area contributed by atoms with Crippen LogP contribution in [0.4, 0.5) is 0 Å². The van der Waals surface area contributed by atoms with Crippen molar-refractivity contribution in [2.75, 3.05) is 0 Å². The molecule has 18 heavy (non-hydrogen) atoms. The van der Waals surface area contributed by atoms with Crippen LogP contribution in [0.1, 0.15) is 29.6 Å². The fourth-order valence-electron chi connectivity index (χ4n) is 1.58. The van der Waals surface area contributed by atoms with Gasteiger partial charge in [-0.15, -0.1) is 0 Å². The maximum Gasteiger partial charge on any atom is 0.306 e. The number of Topliss-reactive ketones (excluding diaryl/α,β-unsaturated/α-hetero) is 1. The van der Waals surface area contributed by atoms with Gasteiger partial charge in [0, 0.05) is 18.4 Å². The molecule has 0 aliphatic heterocycles. The highest BCUT2D eigenvalue weighted by Crippen LogP contribution is 2.15. The summed E-state index contributed by atoms with van der Waals surface area (Å²) < 4.78 is 0. The predicted molar refractivity (Wildman–Crippen MR) is 63.4 cm³/mol. The summed E-state index contributed by atoms with van der Waals surface area (Å²) in [6.45, 7) is 0. The van der Waals surface area contributed by atoms with Crippen LogP contribution in [0.15, 0.2) is 30.3 Å². The third-order valence-electron chi connectivity index (χ3n) is 2.58. The summed E-state index contributed by atoms with van der Waals surface area (Å²) in [6.07, 6.45) is -0.463. The second-order valence-electron chi connectivity index (χ2n) is 3.96. The first kappa shape index (κ1) is 13.9. The van der Waals surface area contributed by atoms with E-state index in [1.807, 2.05) is 0 Å². The monoisotopic (exact) mass is 250 g/mol. The lowest BCUT2D eigenvalue weighted by Gasteiger charge is -2.10. The van der Waals surface area contributed by atoms with Crippen molar-refractivity contribution < 1.29 is 24.6 Å². The standard InChI is InChI=1S/C13H14O5/c14-11(9-4-2-1-3-5-9)8-10(13(17)18)6-7-12(15)16/h1-5,10H,6-8H2,(H,15,16)(H,17,18). The van der Waals surface area contributed by atoms with Gasteiger partial charge in [-0.25, -0.2) is 0 Å². The minimum absolute atomic E-state index is 0.0385. The highest BCUT2D eigenvalue weighted by atomic mass is 16.4. The lowest BCUT2D eigenvalue weighted by atomic mass is 9.94. The van der Waals surface area contributed by atoms with Crippen molar-refractivity contribution in [1.82, 2.24) is 0 Å². The van der Waals surface area contributed by atoms with Crippen molar-refractivity contribution in [2.45, 2.75) is 19.3 Å². The lowest BCUT2D eigenvalue weighted by Crippen LogP contribution is -2.19. The minimum atomic E-state index is -1.14. The largest absolute Gasteiger partial charge is 0.481 e. The molecule has 96 valence electrons. The molecule has 0 aliphatic rings. The molecule has 0 spiro atoms. The van der Waals surface area contributed by atoms with Crippen molar-refractivity contribution in [3.8, 4) is 0 Å². The number of rotatable bonds is 7. The molecule has 1 rings (SSSR count). The molecule has 0 heterocycles. The maximum absolute atomic E-state index is 11.8. The summed E-state index contributed by atoms with van der Waals surface area (Å²) in [5.74, 6) is -3.43. The number of carbonyl (C=O) groups is 3. The van der Waals surface area contributed by atoms with Crippen LogP contribution in [0.25, 0.3) is 0 Å². The van der Waals surface area contributed by atoms with E-state index in [0.717, 1.165) is 0 Å². The average Bonchev–Trinajstić information content (AvgIpc) is 2.34. The van der Waals surface area contributed by atoms with Crippen LogP contribution in [0.5, 0.6) is 0 Å². The van der Waals surface area contributed by atoms with Crippen LogP contribution in [-0.2, 0) is 9.59 Å². The van der Waals surface area contributed by atoms with Gasteiger partial charge in [-0.3, -0.25) is 14.4 Å². The average molecular weight is 250 g/mol. The van der Waals surface area contributed by atoms with Crippen LogP contribution in [0.2, 0.25) is 0 Å². The molecule has 0 aromatic heterocycles. The van der Waals surface area contributed by atoms with Gasteiger partial charge < -0.3 is 10.2 Å². The van der Waals surface area contributed by atoms with Crippen molar-refractivity contribution in [3.05, 3.63) is 35.9 Å². The van der Waals surface area contributed by atoms with Gasteiger partial charge in [0.05, 0.1) is 5.92 Å². The molecule has 5 heteroatoms. The fraction of sp³-hybridized carbons (Fsp3) is 0.308. The Morgan fingerprint density at radius 1 is 1.06 bits per heavy atom. The van der Waals surface area contributed by atoms with E-state index in [2.05, 4.69) is 0 Å². The topological polar surface area (TPSA) is 91.7 Å². The Balaban J connectivity index is 2.64. The number of aliphatic carboxylic acids is 2. The van der Waals surface area contributed by atoms with Gasteiger partial charge in [0.1, 0.15) is 0 Å². The Labute approximate surface area is 104 Å². The zero-order valence-electron chi connectivity index (χ0n) is 9.70. The van der Waals surface area contributed by atoms with Gasteiger partial charge in [-0.1, -0.05) is 30.3 Å². The van der Waals surface area contributed by atoms with Crippen molar-refractivity contribution in [2.24, 2.45) is 5.92 Å². The van der Waals surface area contributed by atoms with Gasteiger partial charge >= 0.3 is 11.9 Å². The van der Waals surface area contributed by atoms with E-state index in [-0.39, 0.29) is 25.0 Å². The summed E-state index contributed by atoms with van der Waals surface area (Å²) in [7, 11) is 0.